The van der Waals surface area contributed by atoms with Crippen molar-refractivity contribution in [2.75, 3.05) is 24.7 Å². The van der Waals surface area contributed by atoms with Gasteiger partial charge in [-0.25, -0.2) is 0 Å². The number of hydrogen-bond acceptors (Lipinski definition) is 6. The number of rotatable bonds is 4. The standard InChI is InChI=1S/C29H35ClN2O5S/c1-17(2)20(16-33)32-24-26(35)31(23-18(3)10-8-11-19(23)30)14-9-13-29(24)21(25(32)34)22-27(36)37-15-7-5-6-12-28(22,4)38-29/h6,8-13,17,20-22,24,33H,5,7,14-16H2,1-4H3/b12-6-/t20-,21-,22-,24?,28+,29-/m0/s1. The molecule has 38 heavy (non-hydrogen) atoms. The Labute approximate surface area is 233 Å². The Kier molecular flexibility index (Phi) is 7.20. The Hall–Kier alpha value is -2.29. The fraction of sp³-hybridized carbons (Fsp3) is 0.552. The highest BCUT2D eigenvalue weighted by molar-refractivity contribution is 8.02. The molecule has 2 saturated heterocycles. The molecule has 0 saturated carbocycles. The van der Waals surface area contributed by atoms with Gasteiger partial charge in [-0.05, 0) is 44.2 Å². The van der Waals surface area contributed by atoms with Crippen molar-refractivity contribution in [3.8, 4) is 0 Å². The van der Waals surface area contributed by atoms with Gasteiger partial charge in [0, 0.05) is 11.3 Å². The maximum atomic E-state index is 14.7. The SMILES string of the molecule is Cc1cccc(Cl)c1N1CC=C[C@]23S[C@]4(C)/C=C\CCCOC(=O)[C@@H]4[C@H]2C(=O)N([C@@H](CO)C(C)C)C3C1=O. The second-order valence-corrected chi connectivity index (χ2v) is 13.4. The first-order valence-corrected chi connectivity index (χ1v) is 14.5. The summed E-state index contributed by atoms with van der Waals surface area (Å²) in [5.74, 6) is -2.64. The number of halogens is 1. The van der Waals surface area contributed by atoms with Crippen LogP contribution in [0.2, 0.25) is 5.02 Å². The first kappa shape index (κ1) is 27.3. The van der Waals surface area contributed by atoms with E-state index in [1.807, 2.05) is 58.1 Å². The first-order chi connectivity index (χ1) is 18.1. The Morgan fingerprint density at radius 1 is 1.16 bits per heavy atom. The zero-order chi connectivity index (χ0) is 27.4. The molecule has 7 nitrogen and oxygen atoms in total. The van der Waals surface area contributed by atoms with Gasteiger partial charge in [-0.15, -0.1) is 11.8 Å². The number of benzene rings is 1. The van der Waals surface area contributed by atoms with E-state index in [1.165, 1.54) is 11.8 Å². The van der Waals surface area contributed by atoms with E-state index in [2.05, 4.69) is 6.08 Å². The van der Waals surface area contributed by atoms with Gasteiger partial charge >= 0.3 is 5.97 Å². The quantitative estimate of drug-likeness (QED) is 0.441. The van der Waals surface area contributed by atoms with E-state index in [9.17, 15) is 19.5 Å². The van der Waals surface area contributed by atoms with Crippen LogP contribution in [0, 0.1) is 24.7 Å². The average molecular weight is 559 g/mol. The number of likely N-dealkylation sites (tertiary alicyclic amines) is 1. The lowest BCUT2D eigenvalue weighted by atomic mass is 9.74. The van der Waals surface area contributed by atoms with Crippen LogP contribution in [0.4, 0.5) is 5.69 Å². The lowest BCUT2D eigenvalue weighted by Gasteiger charge is -2.41. The predicted molar refractivity (Wildman–Crippen MR) is 149 cm³/mol. The van der Waals surface area contributed by atoms with Crippen LogP contribution in [-0.4, -0.2) is 69.1 Å². The monoisotopic (exact) mass is 558 g/mol. The zero-order valence-electron chi connectivity index (χ0n) is 22.2. The van der Waals surface area contributed by atoms with Crippen molar-refractivity contribution in [2.24, 2.45) is 17.8 Å². The topological polar surface area (TPSA) is 87.2 Å². The number of amides is 2. The number of ether oxygens (including phenoxy) is 1. The van der Waals surface area contributed by atoms with Crippen LogP contribution in [-0.2, 0) is 19.1 Å². The summed E-state index contributed by atoms with van der Waals surface area (Å²) >= 11 is 8.12. The summed E-state index contributed by atoms with van der Waals surface area (Å²) in [5, 5.41) is 10.9. The third-order valence-corrected chi connectivity index (χ3v) is 10.6. The number of carbonyl (C=O) groups is 3. The molecule has 0 bridgehead atoms. The molecule has 4 aliphatic rings. The van der Waals surface area contributed by atoms with E-state index in [0.29, 0.717) is 17.3 Å². The van der Waals surface area contributed by atoms with E-state index in [4.69, 9.17) is 16.3 Å². The molecule has 9 heteroatoms. The van der Waals surface area contributed by atoms with Crippen molar-refractivity contribution in [3.63, 3.8) is 0 Å². The van der Waals surface area contributed by atoms with Crippen LogP contribution in [0.25, 0.3) is 0 Å². The van der Waals surface area contributed by atoms with Gasteiger partial charge in [0.1, 0.15) is 6.04 Å². The van der Waals surface area contributed by atoms with Crippen molar-refractivity contribution >= 4 is 46.8 Å². The van der Waals surface area contributed by atoms with Gasteiger partial charge in [0.15, 0.2) is 0 Å². The molecular formula is C29H35ClN2O5S. The molecule has 2 amide bonds. The molecule has 204 valence electrons. The lowest BCUT2D eigenvalue weighted by molar-refractivity contribution is -0.154. The van der Waals surface area contributed by atoms with Crippen LogP contribution in [0.15, 0.2) is 42.5 Å². The van der Waals surface area contributed by atoms with Crippen LogP contribution in [0.3, 0.4) is 0 Å². The number of nitrogens with zero attached hydrogens (tertiary/aromatic N) is 2. The highest BCUT2D eigenvalue weighted by Crippen LogP contribution is 2.65. The number of allylic oxidation sites excluding steroid dienone is 1. The summed E-state index contributed by atoms with van der Waals surface area (Å²) in [6.45, 7) is 8.01. The van der Waals surface area contributed by atoms with Crippen LogP contribution in [0.1, 0.15) is 39.2 Å². The molecule has 0 radical (unpaired) electrons. The molecule has 1 aromatic carbocycles. The zero-order valence-corrected chi connectivity index (χ0v) is 23.8. The molecule has 6 atom stereocenters. The molecule has 1 spiro atoms. The minimum absolute atomic E-state index is 0.112. The molecule has 0 aliphatic carbocycles. The number of anilines is 1. The number of cyclic esters (lactones) is 1. The predicted octanol–water partition coefficient (Wildman–Crippen LogP) is 4.15. The molecule has 1 unspecified atom stereocenters. The number of thioether (sulfide) groups is 1. The fourth-order valence-corrected chi connectivity index (χ4v) is 9.18. The smallest absolute Gasteiger partial charge is 0.311 e. The second-order valence-electron chi connectivity index (χ2n) is 11.2. The van der Waals surface area contributed by atoms with E-state index < -0.39 is 39.4 Å². The largest absolute Gasteiger partial charge is 0.465 e. The molecule has 0 aromatic heterocycles. The van der Waals surface area contributed by atoms with E-state index >= 15 is 0 Å². The van der Waals surface area contributed by atoms with Gasteiger partial charge in [0.2, 0.25) is 5.91 Å². The number of fused-ring (bicyclic) bond motifs is 2. The van der Waals surface area contributed by atoms with Crippen molar-refractivity contribution in [1.82, 2.24) is 4.90 Å². The number of aliphatic hydroxyl groups excluding tert-OH is 1. The van der Waals surface area contributed by atoms with Gasteiger partial charge in [-0.3, -0.25) is 14.4 Å². The van der Waals surface area contributed by atoms with Gasteiger partial charge < -0.3 is 19.6 Å². The average Bonchev–Trinajstić information content (AvgIpc) is 3.20. The van der Waals surface area contributed by atoms with Gasteiger partial charge in [-0.2, -0.15) is 0 Å². The maximum absolute atomic E-state index is 14.7. The third-order valence-electron chi connectivity index (χ3n) is 8.46. The normalized spacial score (nSPS) is 34.6. The van der Waals surface area contributed by atoms with Gasteiger partial charge in [-0.1, -0.05) is 61.9 Å². The van der Waals surface area contributed by atoms with Gasteiger partial charge in [0.05, 0.1) is 46.5 Å². The minimum Gasteiger partial charge on any atom is -0.465 e. The number of para-hydroxylation sites is 1. The number of hydrogen-bond donors (Lipinski definition) is 1. The molecule has 1 N–H and O–H groups in total. The Morgan fingerprint density at radius 2 is 1.92 bits per heavy atom. The molecule has 2 fully saturated rings. The van der Waals surface area contributed by atoms with Crippen molar-refractivity contribution in [3.05, 3.63) is 53.1 Å². The molecule has 5 rings (SSSR count). The van der Waals surface area contributed by atoms with Crippen molar-refractivity contribution < 1.29 is 24.2 Å². The second kappa shape index (κ2) is 10.0. The van der Waals surface area contributed by atoms with Gasteiger partial charge in [0.25, 0.3) is 5.91 Å². The maximum Gasteiger partial charge on any atom is 0.311 e. The molecule has 4 heterocycles. The highest BCUT2D eigenvalue weighted by atomic mass is 35.5. The molecule has 1 aromatic rings. The first-order valence-electron chi connectivity index (χ1n) is 13.3. The van der Waals surface area contributed by atoms with E-state index in [-0.39, 0.29) is 30.9 Å². The summed E-state index contributed by atoms with van der Waals surface area (Å²) in [4.78, 5) is 45.9. The fourth-order valence-electron chi connectivity index (χ4n) is 6.72. The minimum atomic E-state index is -1.01. The Bertz CT molecular complexity index is 1200. The van der Waals surface area contributed by atoms with Crippen LogP contribution in [0.5, 0.6) is 0 Å². The van der Waals surface area contributed by atoms with Crippen molar-refractivity contribution in [1.29, 1.82) is 0 Å². The summed E-state index contributed by atoms with van der Waals surface area (Å²) in [6, 6.07) is 3.99. The van der Waals surface area contributed by atoms with E-state index in [1.54, 1.807) is 15.9 Å². The van der Waals surface area contributed by atoms with Crippen LogP contribution < -0.4 is 4.90 Å². The molecule has 4 aliphatic heterocycles. The summed E-state index contributed by atoms with van der Waals surface area (Å²) < 4.78 is 3.93. The van der Waals surface area contributed by atoms with Crippen LogP contribution >= 0.6 is 23.4 Å². The summed E-state index contributed by atoms with van der Waals surface area (Å²) in [5.41, 5.74) is 1.46. The number of aliphatic hydroxyl groups is 1. The van der Waals surface area contributed by atoms with E-state index in [0.717, 1.165) is 18.4 Å². The Morgan fingerprint density at radius 3 is 2.61 bits per heavy atom. The highest BCUT2D eigenvalue weighted by Gasteiger charge is 2.74. The number of carbonyl (C=O) groups excluding carboxylic acids is 3. The summed E-state index contributed by atoms with van der Waals surface area (Å²) in [6.07, 6.45) is 9.47. The molecular weight excluding hydrogens is 524 g/mol. The Balaban J connectivity index is 1.72. The van der Waals surface area contributed by atoms with Crippen molar-refractivity contribution in [2.45, 2.75) is 62.1 Å². The number of esters is 1. The third kappa shape index (κ3) is 4.02. The lowest BCUT2D eigenvalue weighted by Crippen LogP contribution is -2.58. The number of aryl methyl sites for hydroxylation is 1. The summed E-state index contributed by atoms with van der Waals surface area (Å²) in [7, 11) is 0.